The SMILES string of the molecule is N#Cc1c(NC(=O)COc2ccc(C=O)cc2)sc2c1CCCCC2. The van der Waals surface area contributed by atoms with Gasteiger partial charge in [-0.15, -0.1) is 11.3 Å². The highest BCUT2D eigenvalue weighted by Gasteiger charge is 2.21. The number of anilines is 1. The van der Waals surface area contributed by atoms with Crippen LogP contribution in [-0.4, -0.2) is 18.8 Å². The molecule has 1 aliphatic rings. The number of nitriles is 1. The minimum absolute atomic E-state index is 0.145. The molecule has 0 bridgehead atoms. The maximum atomic E-state index is 12.2. The van der Waals surface area contributed by atoms with Crippen molar-refractivity contribution in [2.45, 2.75) is 32.1 Å². The number of nitrogens with one attached hydrogen (secondary N) is 1. The summed E-state index contributed by atoms with van der Waals surface area (Å²) in [5.74, 6) is 0.218. The zero-order valence-corrected chi connectivity index (χ0v) is 14.5. The Hall–Kier alpha value is -2.65. The molecule has 25 heavy (non-hydrogen) atoms. The Balaban J connectivity index is 1.64. The van der Waals surface area contributed by atoms with Gasteiger partial charge in [0.15, 0.2) is 6.61 Å². The van der Waals surface area contributed by atoms with Gasteiger partial charge in [0.25, 0.3) is 5.91 Å². The molecule has 128 valence electrons. The van der Waals surface area contributed by atoms with Crippen LogP contribution in [0.15, 0.2) is 24.3 Å². The van der Waals surface area contributed by atoms with Gasteiger partial charge in [0.2, 0.25) is 0 Å². The smallest absolute Gasteiger partial charge is 0.262 e. The summed E-state index contributed by atoms with van der Waals surface area (Å²) < 4.78 is 5.43. The lowest BCUT2D eigenvalue weighted by atomic mass is 10.1. The van der Waals surface area contributed by atoms with E-state index in [1.54, 1.807) is 24.3 Å². The zero-order valence-electron chi connectivity index (χ0n) is 13.7. The van der Waals surface area contributed by atoms with Gasteiger partial charge in [-0.3, -0.25) is 9.59 Å². The predicted octanol–water partition coefficient (Wildman–Crippen LogP) is 3.72. The summed E-state index contributed by atoms with van der Waals surface area (Å²) in [4.78, 5) is 24.0. The van der Waals surface area contributed by atoms with Gasteiger partial charge in [-0.25, -0.2) is 0 Å². The topological polar surface area (TPSA) is 79.2 Å². The molecule has 3 rings (SSSR count). The van der Waals surface area contributed by atoms with E-state index in [0.717, 1.165) is 37.5 Å². The van der Waals surface area contributed by atoms with Crippen molar-refractivity contribution < 1.29 is 14.3 Å². The molecule has 1 N–H and O–H groups in total. The van der Waals surface area contributed by atoms with Gasteiger partial charge in [0.05, 0.1) is 5.56 Å². The number of ether oxygens (including phenoxy) is 1. The molecule has 0 radical (unpaired) electrons. The summed E-state index contributed by atoms with van der Waals surface area (Å²) in [6.07, 6.45) is 6.04. The average molecular weight is 354 g/mol. The average Bonchev–Trinajstić information content (AvgIpc) is 2.79. The number of thiophene rings is 1. The number of carbonyl (C=O) groups excluding carboxylic acids is 2. The van der Waals surface area contributed by atoms with Gasteiger partial charge in [0, 0.05) is 10.4 Å². The first-order valence-corrected chi connectivity index (χ1v) is 9.05. The van der Waals surface area contributed by atoms with Crippen LogP contribution in [0.5, 0.6) is 5.75 Å². The van der Waals surface area contributed by atoms with E-state index in [2.05, 4.69) is 11.4 Å². The molecule has 1 aliphatic carbocycles. The number of aryl methyl sites for hydroxylation is 1. The molecule has 1 heterocycles. The maximum absolute atomic E-state index is 12.2. The van der Waals surface area contributed by atoms with Crippen molar-refractivity contribution in [3.8, 4) is 11.8 Å². The first-order chi connectivity index (χ1) is 12.2. The number of carbonyl (C=O) groups is 2. The number of hydrogen-bond acceptors (Lipinski definition) is 5. The summed E-state index contributed by atoms with van der Waals surface area (Å²) in [5, 5.41) is 12.9. The van der Waals surface area contributed by atoms with Crippen LogP contribution < -0.4 is 10.1 Å². The van der Waals surface area contributed by atoms with Crippen molar-refractivity contribution in [2.75, 3.05) is 11.9 Å². The van der Waals surface area contributed by atoms with Crippen LogP contribution in [0.4, 0.5) is 5.00 Å². The molecular weight excluding hydrogens is 336 g/mol. The number of benzene rings is 1. The molecule has 0 unspecified atom stereocenters. The largest absolute Gasteiger partial charge is 0.484 e. The van der Waals surface area contributed by atoms with Gasteiger partial charge >= 0.3 is 0 Å². The summed E-state index contributed by atoms with van der Waals surface area (Å²) in [6.45, 7) is -0.145. The second-order valence-electron chi connectivity index (χ2n) is 5.90. The Morgan fingerprint density at radius 3 is 2.72 bits per heavy atom. The molecule has 0 saturated carbocycles. The van der Waals surface area contributed by atoms with Crippen LogP contribution in [0.1, 0.15) is 45.6 Å². The molecule has 0 atom stereocenters. The van der Waals surface area contributed by atoms with Crippen molar-refractivity contribution in [3.05, 3.63) is 45.8 Å². The van der Waals surface area contributed by atoms with Crippen LogP contribution in [0.3, 0.4) is 0 Å². The van der Waals surface area contributed by atoms with Crippen molar-refractivity contribution in [3.63, 3.8) is 0 Å². The quantitative estimate of drug-likeness (QED) is 0.655. The summed E-state index contributed by atoms with van der Waals surface area (Å²) in [5.41, 5.74) is 2.26. The molecule has 1 aromatic heterocycles. The van der Waals surface area contributed by atoms with Crippen LogP contribution in [0.25, 0.3) is 0 Å². The lowest BCUT2D eigenvalue weighted by molar-refractivity contribution is -0.118. The third kappa shape index (κ3) is 4.06. The van der Waals surface area contributed by atoms with E-state index in [-0.39, 0.29) is 12.5 Å². The van der Waals surface area contributed by atoms with Crippen molar-refractivity contribution in [1.82, 2.24) is 0 Å². The Labute approximate surface area is 150 Å². The monoisotopic (exact) mass is 354 g/mol. The Morgan fingerprint density at radius 2 is 2.00 bits per heavy atom. The molecule has 0 aliphatic heterocycles. The first-order valence-electron chi connectivity index (χ1n) is 8.24. The number of hydrogen-bond donors (Lipinski definition) is 1. The van der Waals surface area contributed by atoms with E-state index in [0.29, 0.717) is 21.9 Å². The van der Waals surface area contributed by atoms with E-state index in [1.807, 2.05) is 0 Å². The van der Waals surface area contributed by atoms with Crippen molar-refractivity contribution in [1.29, 1.82) is 5.26 Å². The van der Waals surface area contributed by atoms with Crippen LogP contribution in [0.2, 0.25) is 0 Å². The Bertz CT molecular complexity index is 818. The first kappa shape index (κ1) is 17.2. The van der Waals surface area contributed by atoms with Crippen molar-refractivity contribution >= 4 is 28.5 Å². The fourth-order valence-corrected chi connectivity index (χ4v) is 4.16. The van der Waals surface area contributed by atoms with Crippen LogP contribution >= 0.6 is 11.3 Å². The molecule has 1 aromatic carbocycles. The van der Waals surface area contributed by atoms with Crippen molar-refractivity contribution in [2.24, 2.45) is 0 Å². The van der Waals surface area contributed by atoms with E-state index < -0.39 is 0 Å². The third-order valence-electron chi connectivity index (χ3n) is 4.17. The molecule has 2 aromatic rings. The molecule has 5 nitrogen and oxygen atoms in total. The van der Waals surface area contributed by atoms with Crippen LogP contribution in [0, 0.1) is 11.3 Å². The number of amides is 1. The zero-order chi connectivity index (χ0) is 17.6. The molecule has 0 saturated heterocycles. The normalized spacial score (nSPS) is 13.2. The molecule has 6 heteroatoms. The Morgan fingerprint density at radius 1 is 1.24 bits per heavy atom. The van der Waals surface area contributed by atoms with E-state index in [9.17, 15) is 14.9 Å². The summed E-state index contributed by atoms with van der Waals surface area (Å²) in [7, 11) is 0. The second kappa shape index (κ2) is 7.95. The van der Waals surface area contributed by atoms with Gasteiger partial charge in [0.1, 0.15) is 23.1 Å². The van der Waals surface area contributed by atoms with E-state index in [4.69, 9.17) is 4.74 Å². The fourth-order valence-electron chi connectivity index (χ4n) is 2.90. The number of aldehydes is 1. The molecule has 1 amide bonds. The highest BCUT2D eigenvalue weighted by molar-refractivity contribution is 7.16. The minimum atomic E-state index is -0.299. The van der Waals surface area contributed by atoms with Gasteiger partial charge in [-0.05, 0) is 55.5 Å². The maximum Gasteiger partial charge on any atom is 0.262 e. The van der Waals surface area contributed by atoms with Gasteiger partial charge in [-0.2, -0.15) is 5.26 Å². The van der Waals surface area contributed by atoms with Gasteiger partial charge in [-0.1, -0.05) is 6.42 Å². The second-order valence-corrected chi connectivity index (χ2v) is 7.01. The standard InChI is InChI=1S/C19H18N2O3S/c20-10-16-15-4-2-1-3-5-17(15)25-19(16)21-18(23)12-24-14-8-6-13(11-22)7-9-14/h6-9,11H,1-5,12H2,(H,21,23). The lowest BCUT2D eigenvalue weighted by Crippen LogP contribution is -2.20. The highest BCUT2D eigenvalue weighted by atomic mass is 32.1. The van der Waals surface area contributed by atoms with E-state index in [1.165, 1.54) is 22.6 Å². The summed E-state index contributed by atoms with van der Waals surface area (Å²) >= 11 is 1.51. The minimum Gasteiger partial charge on any atom is -0.484 e. The predicted molar refractivity (Wildman–Crippen MR) is 96.2 cm³/mol. The Kier molecular flexibility index (Phi) is 5.46. The highest BCUT2D eigenvalue weighted by Crippen LogP contribution is 2.36. The molecular formula is C19H18N2O3S. The molecule has 0 spiro atoms. The fraction of sp³-hybridized carbons (Fsp3) is 0.316. The van der Waals surface area contributed by atoms with E-state index >= 15 is 0 Å². The number of nitrogens with zero attached hydrogens (tertiary/aromatic N) is 1. The third-order valence-corrected chi connectivity index (χ3v) is 5.38. The van der Waals surface area contributed by atoms with Gasteiger partial charge < -0.3 is 10.1 Å². The lowest BCUT2D eigenvalue weighted by Gasteiger charge is -2.07. The van der Waals surface area contributed by atoms with Crippen LogP contribution in [-0.2, 0) is 17.6 Å². The molecule has 0 fully saturated rings. The number of rotatable bonds is 5. The summed E-state index contributed by atoms with van der Waals surface area (Å²) in [6, 6.07) is 8.79. The number of fused-ring (bicyclic) bond motifs is 1.